The van der Waals surface area contributed by atoms with Gasteiger partial charge in [-0.2, -0.15) is 0 Å². The lowest BCUT2D eigenvalue weighted by Crippen LogP contribution is -2.35. The molecule has 4 rings (SSSR count). The number of pyridine rings is 1. The van der Waals surface area contributed by atoms with Gasteiger partial charge in [-0.1, -0.05) is 26.0 Å². The lowest BCUT2D eigenvalue weighted by Gasteiger charge is -2.34. The highest BCUT2D eigenvalue weighted by Crippen LogP contribution is 2.29. The molecule has 0 aliphatic carbocycles. The molecule has 0 spiro atoms. The van der Waals surface area contributed by atoms with Crippen LogP contribution in [0.5, 0.6) is 0 Å². The third kappa shape index (κ3) is 5.83. The molecule has 0 radical (unpaired) electrons. The Morgan fingerprint density at radius 1 is 1.15 bits per heavy atom. The summed E-state index contributed by atoms with van der Waals surface area (Å²) in [6.07, 6.45) is 2.75. The fraction of sp³-hybridized carbons (Fsp3) is 0.500. The van der Waals surface area contributed by atoms with Gasteiger partial charge in [0.15, 0.2) is 0 Å². The molecule has 33 heavy (non-hydrogen) atoms. The average molecular weight is 450 g/mol. The molecule has 3 heterocycles. The number of piperidine rings is 1. The molecule has 1 aromatic heterocycles. The Balaban J connectivity index is 1.30. The second-order valence-corrected chi connectivity index (χ2v) is 9.62. The Hall–Kier alpha value is -3.09. The van der Waals surface area contributed by atoms with Gasteiger partial charge in [-0.3, -0.25) is 9.59 Å². The maximum Gasteiger partial charge on any atom is 0.225 e. The van der Waals surface area contributed by atoms with Gasteiger partial charge in [-0.25, -0.2) is 4.98 Å². The Labute approximate surface area is 196 Å². The number of anilines is 3. The maximum atomic E-state index is 12.2. The number of hydrogen-bond donors (Lipinski definition) is 3. The standard InChI is InChI=1S/C26H35N5O2/c1-17(2)20-10-12-31(13-11-20)24-9-8-23(18(3)29-24)30-22-6-4-19(5-7-22)15-28-26(33)21-14-25(32)27-16-21/h4-9,17,20-21,30H,10-16H2,1-3H3,(H,27,32)(H,28,33). The summed E-state index contributed by atoms with van der Waals surface area (Å²) in [7, 11) is 0. The minimum Gasteiger partial charge on any atom is -0.357 e. The average Bonchev–Trinajstić information content (AvgIpc) is 3.26. The van der Waals surface area contributed by atoms with Crippen molar-refractivity contribution in [1.82, 2.24) is 15.6 Å². The normalized spacial score (nSPS) is 19.0. The second kappa shape index (κ2) is 10.2. The van der Waals surface area contributed by atoms with Crippen LogP contribution in [0, 0.1) is 24.7 Å². The number of carbonyl (C=O) groups is 2. The zero-order valence-corrected chi connectivity index (χ0v) is 19.9. The van der Waals surface area contributed by atoms with E-state index in [4.69, 9.17) is 4.98 Å². The number of benzene rings is 1. The number of nitrogens with zero attached hydrogens (tertiary/aromatic N) is 2. The number of nitrogens with one attached hydrogen (secondary N) is 3. The molecule has 7 heteroatoms. The largest absolute Gasteiger partial charge is 0.357 e. The highest BCUT2D eigenvalue weighted by atomic mass is 16.2. The summed E-state index contributed by atoms with van der Waals surface area (Å²) in [5, 5.41) is 9.07. The van der Waals surface area contributed by atoms with Crippen molar-refractivity contribution in [3.8, 4) is 0 Å². The van der Waals surface area contributed by atoms with Crippen LogP contribution in [0.4, 0.5) is 17.2 Å². The van der Waals surface area contributed by atoms with Gasteiger partial charge in [0.2, 0.25) is 11.8 Å². The Kier molecular flexibility index (Phi) is 7.16. The molecule has 2 aliphatic rings. The highest BCUT2D eigenvalue weighted by molar-refractivity contribution is 5.89. The fourth-order valence-corrected chi connectivity index (χ4v) is 4.64. The SMILES string of the molecule is Cc1nc(N2CCC(C(C)C)CC2)ccc1Nc1ccc(CNC(=O)C2CNC(=O)C2)cc1. The van der Waals surface area contributed by atoms with E-state index in [1.165, 1.54) is 12.8 Å². The van der Waals surface area contributed by atoms with Gasteiger partial charge < -0.3 is 20.9 Å². The minimum absolute atomic E-state index is 0.0564. The summed E-state index contributed by atoms with van der Waals surface area (Å²) >= 11 is 0. The van der Waals surface area contributed by atoms with Crippen molar-refractivity contribution in [2.75, 3.05) is 29.9 Å². The third-order valence-corrected chi connectivity index (χ3v) is 6.93. The van der Waals surface area contributed by atoms with Crippen LogP contribution in [-0.4, -0.2) is 36.4 Å². The van der Waals surface area contributed by atoms with Crippen molar-refractivity contribution in [2.45, 2.75) is 46.6 Å². The molecule has 2 aliphatic heterocycles. The van der Waals surface area contributed by atoms with Gasteiger partial charge in [-0.05, 0) is 61.4 Å². The molecule has 2 saturated heterocycles. The van der Waals surface area contributed by atoms with Crippen LogP contribution in [0.1, 0.15) is 44.4 Å². The van der Waals surface area contributed by atoms with Crippen LogP contribution in [0.15, 0.2) is 36.4 Å². The van der Waals surface area contributed by atoms with Crippen LogP contribution >= 0.6 is 0 Å². The van der Waals surface area contributed by atoms with Crippen molar-refractivity contribution in [1.29, 1.82) is 0 Å². The number of hydrogen-bond acceptors (Lipinski definition) is 5. The zero-order chi connectivity index (χ0) is 23.4. The summed E-state index contributed by atoms with van der Waals surface area (Å²) in [5.41, 5.74) is 3.97. The first-order valence-electron chi connectivity index (χ1n) is 12.0. The summed E-state index contributed by atoms with van der Waals surface area (Å²) in [6, 6.07) is 12.2. The maximum absolute atomic E-state index is 12.2. The van der Waals surface area contributed by atoms with Crippen LogP contribution < -0.4 is 20.9 Å². The van der Waals surface area contributed by atoms with E-state index < -0.39 is 0 Å². The summed E-state index contributed by atoms with van der Waals surface area (Å²) < 4.78 is 0. The molecule has 1 atom stereocenters. The Morgan fingerprint density at radius 3 is 2.48 bits per heavy atom. The monoisotopic (exact) mass is 449 g/mol. The van der Waals surface area contributed by atoms with E-state index in [9.17, 15) is 9.59 Å². The molecule has 7 nitrogen and oxygen atoms in total. The molecule has 1 unspecified atom stereocenters. The number of rotatable bonds is 7. The molecule has 2 amide bonds. The molecule has 3 N–H and O–H groups in total. The smallest absolute Gasteiger partial charge is 0.225 e. The van der Waals surface area contributed by atoms with Crippen LogP contribution in [0.25, 0.3) is 0 Å². The lowest BCUT2D eigenvalue weighted by molar-refractivity contribution is -0.126. The first-order valence-corrected chi connectivity index (χ1v) is 12.0. The van der Waals surface area contributed by atoms with E-state index in [0.29, 0.717) is 13.1 Å². The number of aryl methyl sites for hydroxylation is 1. The molecule has 2 aromatic rings. The fourth-order valence-electron chi connectivity index (χ4n) is 4.64. The predicted octanol–water partition coefficient (Wildman–Crippen LogP) is 3.76. The van der Waals surface area contributed by atoms with E-state index >= 15 is 0 Å². The van der Waals surface area contributed by atoms with E-state index in [-0.39, 0.29) is 24.2 Å². The lowest BCUT2D eigenvalue weighted by atomic mass is 9.87. The number of aromatic nitrogens is 1. The van der Waals surface area contributed by atoms with E-state index in [1.807, 2.05) is 31.2 Å². The molecular formula is C26H35N5O2. The van der Waals surface area contributed by atoms with Crippen molar-refractivity contribution in [3.63, 3.8) is 0 Å². The van der Waals surface area contributed by atoms with E-state index in [2.05, 4.69) is 46.8 Å². The second-order valence-electron chi connectivity index (χ2n) is 9.62. The zero-order valence-electron chi connectivity index (χ0n) is 19.9. The van der Waals surface area contributed by atoms with Crippen LogP contribution in [-0.2, 0) is 16.1 Å². The van der Waals surface area contributed by atoms with Crippen molar-refractivity contribution in [2.24, 2.45) is 17.8 Å². The van der Waals surface area contributed by atoms with E-state index in [0.717, 1.165) is 53.4 Å². The summed E-state index contributed by atoms with van der Waals surface area (Å²) in [5.74, 6) is 2.24. The molecule has 1 aromatic carbocycles. The topological polar surface area (TPSA) is 86.4 Å². The first kappa shape index (κ1) is 23.1. The van der Waals surface area contributed by atoms with Crippen LogP contribution in [0.2, 0.25) is 0 Å². The summed E-state index contributed by atoms with van der Waals surface area (Å²) in [6.45, 7) is 9.72. The number of carbonyl (C=O) groups excluding carboxylic acids is 2. The van der Waals surface area contributed by atoms with Crippen molar-refractivity contribution >= 4 is 29.0 Å². The van der Waals surface area contributed by atoms with Crippen molar-refractivity contribution in [3.05, 3.63) is 47.7 Å². The third-order valence-electron chi connectivity index (χ3n) is 6.93. The van der Waals surface area contributed by atoms with E-state index in [1.54, 1.807) is 0 Å². The van der Waals surface area contributed by atoms with Gasteiger partial charge in [0.05, 0.1) is 17.3 Å². The summed E-state index contributed by atoms with van der Waals surface area (Å²) in [4.78, 5) is 30.7. The molecule has 2 fully saturated rings. The van der Waals surface area contributed by atoms with Gasteiger partial charge in [-0.15, -0.1) is 0 Å². The van der Waals surface area contributed by atoms with Crippen LogP contribution in [0.3, 0.4) is 0 Å². The molecule has 0 saturated carbocycles. The van der Waals surface area contributed by atoms with Gasteiger partial charge >= 0.3 is 0 Å². The molecule has 176 valence electrons. The van der Waals surface area contributed by atoms with Gasteiger partial charge in [0, 0.05) is 38.3 Å². The molecule has 0 bridgehead atoms. The predicted molar refractivity (Wildman–Crippen MR) is 131 cm³/mol. The highest BCUT2D eigenvalue weighted by Gasteiger charge is 2.27. The number of amides is 2. The van der Waals surface area contributed by atoms with Gasteiger partial charge in [0.25, 0.3) is 0 Å². The Morgan fingerprint density at radius 2 is 1.88 bits per heavy atom. The minimum atomic E-state index is -0.265. The first-order chi connectivity index (χ1) is 15.9. The molecular weight excluding hydrogens is 414 g/mol. The van der Waals surface area contributed by atoms with Crippen molar-refractivity contribution < 1.29 is 9.59 Å². The quantitative estimate of drug-likeness (QED) is 0.599. The Bertz CT molecular complexity index is 981. The van der Waals surface area contributed by atoms with Gasteiger partial charge in [0.1, 0.15) is 5.82 Å².